The zero-order chi connectivity index (χ0) is 25.2. The minimum atomic E-state index is -4.36. The summed E-state index contributed by atoms with van der Waals surface area (Å²) in [6, 6.07) is 5.48. The average molecular weight is 599 g/mol. The molecule has 0 radical (unpaired) electrons. The Morgan fingerprint density at radius 3 is 2.29 bits per heavy atom. The van der Waals surface area contributed by atoms with Crippen molar-refractivity contribution in [3.8, 4) is 0 Å². The number of nitrogens with zero attached hydrogens (tertiary/aromatic N) is 1. The van der Waals surface area contributed by atoms with Crippen LogP contribution in [0.3, 0.4) is 0 Å². The van der Waals surface area contributed by atoms with E-state index in [2.05, 4.69) is 43.4 Å². The molecule has 1 aromatic heterocycles. The average Bonchev–Trinajstić information content (AvgIpc) is 3.43. The van der Waals surface area contributed by atoms with E-state index >= 15 is 0 Å². The number of alkyl halides is 4. The minimum Gasteiger partial charge on any atom is -0.377 e. The lowest BCUT2D eigenvalue weighted by Crippen LogP contribution is -2.31. The summed E-state index contributed by atoms with van der Waals surface area (Å²) in [5.41, 5.74) is 5.27. The van der Waals surface area contributed by atoms with Crippen molar-refractivity contribution >= 4 is 22.6 Å². The van der Waals surface area contributed by atoms with Gasteiger partial charge in [0.2, 0.25) is 0 Å². The normalized spacial score (nSPS) is 28.2. The smallest absolute Gasteiger partial charge is 0.377 e. The number of ether oxygens (including phenoxy) is 2. The predicted molar refractivity (Wildman–Crippen MR) is 138 cm³/mol. The molecule has 3 nitrogen and oxygen atoms in total. The lowest BCUT2D eigenvalue weighted by Gasteiger charge is -2.39. The topological polar surface area (TPSA) is 31.4 Å². The minimum absolute atomic E-state index is 0.0399. The third-order valence-electron chi connectivity index (χ3n) is 8.08. The Bertz CT molecular complexity index is 1110. The second-order valence-corrected chi connectivity index (χ2v) is 12.1. The van der Waals surface area contributed by atoms with Crippen molar-refractivity contribution in [2.45, 2.75) is 89.2 Å². The van der Waals surface area contributed by atoms with Crippen molar-refractivity contribution < 1.29 is 22.6 Å². The van der Waals surface area contributed by atoms with Crippen LogP contribution in [0.1, 0.15) is 110 Å². The summed E-state index contributed by atoms with van der Waals surface area (Å²) >= 11 is 2.34. The van der Waals surface area contributed by atoms with E-state index in [1.54, 1.807) is 19.2 Å². The van der Waals surface area contributed by atoms with E-state index < -0.39 is 23.4 Å². The molecule has 35 heavy (non-hydrogen) atoms. The second-order valence-electron chi connectivity index (χ2n) is 11.4. The third kappa shape index (κ3) is 4.43. The largest absolute Gasteiger partial charge is 0.416 e. The molecule has 1 saturated carbocycles. The van der Waals surface area contributed by atoms with Crippen molar-refractivity contribution in [1.29, 1.82) is 0 Å². The van der Waals surface area contributed by atoms with E-state index in [1.165, 1.54) is 36.1 Å². The van der Waals surface area contributed by atoms with Gasteiger partial charge in [-0.2, -0.15) is 13.2 Å². The van der Waals surface area contributed by atoms with E-state index in [0.717, 1.165) is 48.2 Å². The highest BCUT2D eigenvalue weighted by atomic mass is 127. The Kier molecular flexibility index (Phi) is 6.53. The summed E-state index contributed by atoms with van der Waals surface area (Å²) in [5.74, 6) is 0.400. The van der Waals surface area contributed by atoms with Gasteiger partial charge in [-0.05, 0) is 67.2 Å². The van der Waals surface area contributed by atoms with Gasteiger partial charge in [0.1, 0.15) is 11.7 Å². The first-order valence-corrected chi connectivity index (χ1v) is 14.0. The van der Waals surface area contributed by atoms with Crippen LogP contribution in [-0.2, 0) is 27.7 Å². The maximum Gasteiger partial charge on any atom is 0.416 e. The number of fused-ring (bicyclic) bond motifs is 2. The summed E-state index contributed by atoms with van der Waals surface area (Å²) in [5, 5.41) is 0. The van der Waals surface area contributed by atoms with Gasteiger partial charge < -0.3 is 9.47 Å². The van der Waals surface area contributed by atoms with E-state index in [9.17, 15) is 13.2 Å². The molecule has 2 aliphatic carbocycles. The van der Waals surface area contributed by atoms with Gasteiger partial charge in [0, 0.05) is 28.4 Å². The molecule has 5 rings (SSSR count). The molecule has 0 N–H and O–H groups in total. The van der Waals surface area contributed by atoms with Crippen LogP contribution in [0.5, 0.6) is 0 Å². The molecule has 0 saturated heterocycles. The van der Waals surface area contributed by atoms with Crippen LogP contribution in [0, 0.1) is 5.41 Å². The predicted octanol–water partition coefficient (Wildman–Crippen LogP) is 8.19. The van der Waals surface area contributed by atoms with Crippen molar-refractivity contribution in [3.05, 3.63) is 63.5 Å². The Morgan fingerprint density at radius 1 is 1.06 bits per heavy atom. The van der Waals surface area contributed by atoms with Gasteiger partial charge in [-0.3, -0.25) is 4.98 Å². The van der Waals surface area contributed by atoms with Gasteiger partial charge in [-0.15, -0.1) is 0 Å². The summed E-state index contributed by atoms with van der Waals surface area (Å²) in [4.78, 5) is 5.29. The van der Waals surface area contributed by atoms with Crippen molar-refractivity contribution in [2.75, 3.05) is 11.5 Å². The number of pyridine rings is 1. The first kappa shape index (κ1) is 25.5. The van der Waals surface area contributed by atoms with Crippen molar-refractivity contribution in [1.82, 2.24) is 4.98 Å². The number of halogens is 4. The van der Waals surface area contributed by atoms with Crippen molar-refractivity contribution in [3.63, 3.8) is 0 Å². The van der Waals surface area contributed by atoms with E-state index in [4.69, 9.17) is 14.5 Å². The number of hydrogen-bond donors (Lipinski definition) is 0. The van der Waals surface area contributed by atoms with Crippen molar-refractivity contribution in [2.24, 2.45) is 5.41 Å². The number of benzene rings is 1. The van der Waals surface area contributed by atoms with Crippen LogP contribution in [-0.4, -0.2) is 16.5 Å². The van der Waals surface area contributed by atoms with Crippen LogP contribution >= 0.6 is 22.6 Å². The van der Waals surface area contributed by atoms with Gasteiger partial charge in [0.15, 0.2) is 0 Å². The van der Waals surface area contributed by atoms with E-state index in [-0.39, 0.29) is 11.5 Å². The summed E-state index contributed by atoms with van der Waals surface area (Å²) in [6.07, 6.45) is 1.58. The highest BCUT2D eigenvalue weighted by molar-refractivity contribution is 14.1. The fourth-order valence-corrected chi connectivity index (χ4v) is 6.92. The molecule has 3 aliphatic rings. The van der Waals surface area contributed by atoms with Crippen LogP contribution in [0.4, 0.5) is 13.2 Å². The van der Waals surface area contributed by atoms with Gasteiger partial charge >= 0.3 is 6.18 Å². The van der Waals surface area contributed by atoms with Crippen LogP contribution in [0.2, 0.25) is 0 Å². The molecule has 0 bridgehead atoms. The molecular weight excluding hydrogens is 566 g/mol. The lowest BCUT2D eigenvalue weighted by molar-refractivity contribution is -0.137. The van der Waals surface area contributed by atoms with Gasteiger partial charge in [-0.25, -0.2) is 0 Å². The molecule has 0 amide bonds. The highest BCUT2D eigenvalue weighted by Gasteiger charge is 2.49. The second kappa shape index (κ2) is 8.98. The SMILES string of the molecule is COC1CC(C)(C)Cc2nc3c(c(C4CCCC4)c21)C(c1ccc(C(F)(F)F)cc1)OC3(C)CI. The summed E-state index contributed by atoms with van der Waals surface area (Å²) < 4.78 is 53.3. The zero-order valence-electron chi connectivity index (χ0n) is 20.8. The molecule has 2 heterocycles. The van der Waals surface area contributed by atoms with Crippen LogP contribution in [0.15, 0.2) is 24.3 Å². The van der Waals surface area contributed by atoms with Crippen LogP contribution < -0.4 is 0 Å². The summed E-state index contributed by atoms with van der Waals surface area (Å²) in [6.45, 7) is 6.61. The number of hydrogen-bond acceptors (Lipinski definition) is 3. The Balaban J connectivity index is 1.74. The van der Waals surface area contributed by atoms with E-state index in [1.807, 2.05) is 0 Å². The monoisotopic (exact) mass is 599 g/mol. The zero-order valence-corrected chi connectivity index (χ0v) is 22.9. The van der Waals surface area contributed by atoms with Gasteiger partial charge in [-0.1, -0.05) is 61.4 Å². The number of rotatable bonds is 4. The lowest BCUT2D eigenvalue weighted by atomic mass is 9.70. The maximum absolute atomic E-state index is 13.3. The Labute approximate surface area is 219 Å². The Morgan fingerprint density at radius 2 is 1.71 bits per heavy atom. The van der Waals surface area contributed by atoms with Gasteiger partial charge in [0.25, 0.3) is 0 Å². The third-order valence-corrected chi connectivity index (χ3v) is 9.54. The standard InChI is InChI=1S/C28H33F3INO2/c1-26(2)13-19-22(20(14-26)34-4)21(16-7-5-6-8-16)23-24(35-27(3,15-32)25(23)33-19)17-9-11-18(12-10-17)28(29,30)31/h9-12,16,20,24H,5-8,13-15H2,1-4H3. The maximum atomic E-state index is 13.3. The first-order chi connectivity index (χ1) is 16.5. The molecule has 1 fully saturated rings. The molecule has 1 aromatic carbocycles. The Hall–Kier alpha value is -1.19. The molecule has 1 aliphatic heterocycles. The number of methoxy groups -OCH3 is 1. The molecule has 7 heteroatoms. The summed E-state index contributed by atoms with van der Waals surface area (Å²) in [7, 11) is 1.78. The fourth-order valence-electron chi connectivity index (χ4n) is 6.38. The molecule has 3 atom stereocenters. The quantitative estimate of drug-likeness (QED) is 0.262. The van der Waals surface area contributed by atoms with E-state index in [0.29, 0.717) is 10.3 Å². The van der Waals surface area contributed by atoms with Gasteiger partial charge in [0.05, 0.1) is 17.4 Å². The molecule has 190 valence electrons. The fraction of sp³-hybridized carbons (Fsp3) is 0.607. The molecular formula is C28H33F3INO2. The molecule has 2 aromatic rings. The first-order valence-electron chi connectivity index (χ1n) is 12.5. The van der Waals surface area contributed by atoms with Crippen LogP contribution in [0.25, 0.3) is 0 Å². The molecule has 3 unspecified atom stereocenters. The molecule has 0 spiro atoms. The number of aromatic nitrogens is 1. The highest BCUT2D eigenvalue weighted by Crippen LogP contribution is 2.56.